The first-order valence-corrected chi connectivity index (χ1v) is 10.7. The van der Waals surface area contributed by atoms with Crippen molar-refractivity contribution in [2.45, 2.75) is 71.1 Å². The number of nitrogens with one attached hydrogen (secondary N) is 2. The molecule has 5 N–H and O–H groups in total. The van der Waals surface area contributed by atoms with Gasteiger partial charge < -0.3 is 26.0 Å². The summed E-state index contributed by atoms with van der Waals surface area (Å²) in [4.78, 5) is 14.1. The largest absolute Gasteiger partial charge is 0.507 e. The lowest BCUT2D eigenvalue weighted by atomic mass is 9.92. The summed E-state index contributed by atoms with van der Waals surface area (Å²) >= 11 is 0. The van der Waals surface area contributed by atoms with Crippen molar-refractivity contribution in [3.8, 4) is 5.75 Å². The van der Waals surface area contributed by atoms with Gasteiger partial charge in [0, 0.05) is 30.2 Å². The van der Waals surface area contributed by atoms with Gasteiger partial charge in [-0.1, -0.05) is 18.2 Å². The third-order valence-electron chi connectivity index (χ3n) is 5.85. The topological polar surface area (TPSA) is 114 Å². The maximum absolute atomic E-state index is 10.3. The van der Waals surface area contributed by atoms with E-state index >= 15 is 0 Å². The van der Waals surface area contributed by atoms with Crippen molar-refractivity contribution in [1.82, 2.24) is 19.5 Å². The molecular weight excluding hydrogens is 378 g/mol. The lowest BCUT2D eigenvalue weighted by Gasteiger charge is -2.27. The molecule has 3 aromatic rings. The Balaban J connectivity index is 1.64. The molecule has 1 fully saturated rings. The van der Waals surface area contributed by atoms with Crippen molar-refractivity contribution in [2.75, 3.05) is 10.6 Å². The number of nitrogens with two attached hydrogens (primary N) is 1. The van der Waals surface area contributed by atoms with Crippen molar-refractivity contribution in [1.29, 1.82) is 0 Å². The van der Waals surface area contributed by atoms with E-state index in [0.29, 0.717) is 36.1 Å². The molecule has 1 saturated carbocycles. The van der Waals surface area contributed by atoms with Crippen LogP contribution in [-0.2, 0) is 6.54 Å². The minimum atomic E-state index is 0.235. The van der Waals surface area contributed by atoms with E-state index in [-0.39, 0.29) is 6.04 Å². The number of nitrogens with zero attached hydrogens (tertiary/aromatic N) is 4. The molecule has 2 heterocycles. The van der Waals surface area contributed by atoms with Gasteiger partial charge in [-0.25, -0.2) is 4.98 Å². The number of phenols is 1. The molecule has 8 nitrogen and oxygen atoms in total. The molecule has 1 aliphatic rings. The average Bonchev–Trinajstić information content (AvgIpc) is 3.15. The SMILES string of the molecule is Cc1cccc(CNc2nc(NC3CCC(N)CC3)nc3c2ncn3C(C)C)c1O. The highest BCUT2D eigenvalue weighted by atomic mass is 16.3. The normalized spacial score (nSPS) is 19.4. The summed E-state index contributed by atoms with van der Waals surface area (Å²) < 4.78 is 2.05. The Labute approximate surface area is 176 Å². The van der Waals surface area contributed by atoms with Crippen LogP contribution in [0.3, 0.4) is 0 Å². The van der Waals surface area contributed by atoms with Gasteiger partial charge in [-0.05, 0) is 52.0 Å². The molecule has 160 valence electrons. The summed E-state index contributed by atoms with van der Waals surface area (Å²) in [7, 11) is 0. The number of hydrogen-bond donors (Lipinski definition) is 4. The van der Waals surface area contributed by atoms with Gasteiger partial charge in [0.05, 0.1) is 6.33 Å². The number of aromatic nitrogens is 4. The molecule has 0 radical (unpaired) electrons. The maximum atomic E-state index is 10.3. The average molecular weight is 410 g/mol. The van der Waals surface area contributed by atoms with Crippen molar-refractivity contribution in [3.63, 3.8) is 0 Å². The number of aryl methyl sites for hydroxylation is 1. The zero-order chi connectivity index (χ0) is 21.3. The summed E-state index contributed by atoms with van der Waals surface area (Å²) in [6, 6.07) is 6.60. The third kappa shape index (κ3) is 4.18. The minimum Gasteiger partial charge on any atom is -0.507 e. The Morgan fingerprint density at radius 2 is 1.97 bits per heavy atom. The number of phenolic OH excluding ortho intramolecular Hbond substituents is 1. The molecule has 0 aliphatic heterocycles. The molecule has 1 aliphatic carbocycles. The van der Waals surface area contributed by atoms with Crippen LogP contribution in [0.2, 0.25) is 0 Å². The zero-order valence-corrected chi connectivity index (χ0v) is 17.9. The summed E-state index contributed by atoms with van der Waals surface area (Å²) in [5.74, 6) is 1.57. The second kappa shape index (κ2) is 8.47. The second-order valence-corrected chi connectivity index (χ2v) is 8.51. The van der Waals surface area contributed by atoms with Crippen LogP contribution in [0.5, 0.6) is 5.75 Å². The van der Waals surface area contributed by atoms with E-state index in [1.54, 1.807) is 0 Å². The fourth-order valence-electron chi connectivity index (χ4n) is 3.97. The van der Waals surface area contributed by atoms with Crippen molar-refractivity contribution in [3.05, 3.63) is 35.7 Å². The summed E-state index contributed by atoms with van der Waals surface area (Å²) in [5, 5.41) is 17.2. The molecule has 8 heteroatoms. The number of para-hydroxylation sites is 1. The Morgan fingerprint density at radius 1 is 1.20 bits per heavy atom. The molecule has 0 amide bonds. The van der Waals surface area contributed by atoms with Crippen LogP contribution in [0.25, 0.3) is 11.2 Å². The molecular formula is C22H31N7O. The van der Waals surface area contributed by atoms with Crippen LogP contribution in [0.15, 0.2) is 24.5 Å². The smallest absolute Gasteiger partial charge is 0.227 e. The van der Waals surface area contributed by atoms with Crippen LogP contribution in [-0.4, -0.2) is 36.7 Å². The summed E-state index contributed by atoms with van der Waals surface area (Å²) in [5.41, 5.74) is 9.24. The molecule has 0 bridgehead atoms. The first-order chi connectivity index (χ1) is 14.4. The van der Waals surface area contributed by atoms with Gasteiger partial charge in [-0.15, -0.1) is 0 Å². The molecule has 0 spiro atoms. The van der Waals surface area contributed by atoms with Gasteiger partial charge in [-0.3, -0.25) is 0 Å². The molecule has 1 aromatic carbocycles. The highest BCUT2D eigenvalue weighted by Gasteiger charge is 2.21. The number of imidazole rings is 1. The van der Waals surface area contributed by atoms with Gasteiger partial charge in [0.2, 0.25) is 5.95 Å². The van der Waals surface area contributed by atoms with Crippen molar-refractivity contribution < 1.29 is 5.11 Å². The van der Waals surface area contributed by atoms with Gasteiger partial charge in [0.1, 0.15) is 5.75 Å². The highest BCUT2D eigenvalue weighted by Crippen LogP contribution is 2.27. The van der Waals surface area contributed by atoms with E-state index in [9.17, 15) is 5.11 Å². The van der Waals surface area contributed by atoms with E-state index in [4.69, 9.17) is 15.7 Å². The van der Waals surface area contributed by atoms with Crippen LogP contribution < -0.4 is 16.4 Å². The quantitative estimate of drug-likeness (QED) is 0.491. The van der Waals surface area contributed by atoms with Gasteiger partial charge in [-0.2, -0.15) is 9.97 Å². The van der Waals surface area contributed by atoms with E-state index in [0.717, 1.165) is 48.0 Å². The standard InChI is InChI=1S/C22H31N7O/c1-13(2)29-12-25-18-20(24-11-15-6-4-5-14(3)19(15)30)27-22(28-21(18)29)26-17-9-7-16(23)8-10-17/h4-6,12-13,16-17,30H,7-11,23H2,1-3H3,(H2,24,26,27,28). The first-order valence-electron chi connectivity index (χ1n) is 10.7. The molecule has 4 rings (SSSR count). The molecule has 0 atom stereocenters. The van der Waals surface area contributed by atoms with E-state index in [1.165, 1.54) is 0 Å². The first kappa shape index (κ1) is 20.4. The molecule has 30 heavy (non-hydrogen) atoms. The Hall–Kier alpha value is -2.87. The Kier molecular flexibility index (Phi) is 5.76. The Morgan fingerprint density at radius 3 is 2.70 bits per heavy atom. The van der Waals surface area contributed by atoms with Crippen LogP contribution in [0, 0.1) is 6.92 Å². The van der Waals surface area contributed by atoms with Crippen LogP contribution >= 0.6 is 0 Å². The van der Waals surface area contributed by atoms with Gasteiger partial charge >= 0.3 is 0 Å². The Bertz CT molecular complexity index is 1020. The molecule has 2 aromatic heterocycles. The van der Waals surface area contributed by atoms with Crippen LogP contribution in [0.4, 0.5) is 11.8 Å². The molecule has 0 saturated heterocycles. The number of anilines is 2. The number of aromatic hydroxyl groups is 1. The molecule has 0 unspecified atom stereocenters. The number of hydrogen-bond acceptors (Lipinski definition) is 7. The predicted octanol–water partition coefficient (Wildman–Crippen LogP) is 3.72. The monoisotopic (exact) mass is 409 g/mol. The highest BCUT2D eigenvalue weighted by molar-refractivity contribution is 5.84. The third-order valence-corrected chi connectivity index (χ3v) is 5.85. The second-order valence-electron chi connectivity index (χ2n) is 8.51. The fraction of sp³-hybridized carbons (Fsp3) is 0.500. The summed E-state index contributed by atoms with van der Waals surface area (Å²) in [6.07, 6.45) is 5.88. The summed E-state index contributed by atoms with van der Waals surface area (Å²) in [6.45, 7) is 6.56. The zero-order valence-electron chi connectivity index (χ0n) is 17.9. The van der Waals surface area contributed by atoms with E-state index in [2.05, 4.69) is 29.5 Å². The van der Waals surface area contributed by atoms with E-state index in [1.807, 2.05) is 36.0 Å². The lowest BCUT2D eigenvalue weighted by Crippen LogP contribution is -2.33. The minimum absolute atomic E-state index is 0.235. The van der Waals surface area contributed by atoms with Crippen molar-refractivity contribution in [2.24, 2.45) is 5.73 Å². The number of fused-ring (bicyclic) bond motifs is 1. The van der Waals surface area contributed by atoms with Crippen molar-refractivity contribution >= 4 is 22.9 Å². The fourth-order valence-corrected chi connectivity index (χ4v) is 3.97. The van der Waals surface area contributed by atoms with Crippen LogP contribution in [0.1, 0.15) is 56.7 Å². The predicted molar refractivity (Wildman–Crippen MR) is 120 cm³/mol. The van der Waals surface area contributed by atoms with E-state index < -0.39 is 0 Å². The van der Waals surface area contributed by atoms with Gasteiger partial charge in [0.15, 0.2) is 17.0 Å². The maximum Gasteiger partial charge on any atom is 0.227 e. The number of rotatable bonds is 6. The number of benzene rings is 1. The lowest BCUT2D eigenvalue weighted by molar-refractivity contribution is 0.410. The van der Waals surface area contributed by atoms with Gasteiger partial charge in [0.25, 0.3) is 0 Å².